The van der Waals surface area contributed by atoms with E-state index in [2.05, 4.69) is 20.8 Å². The van der Waals surface area contributed by atoms with E-state index in [1.54, 1.807) is 12.1 Å². The third kappa shape index (κ3) is 5.56. The van der Waals surface area contributed by atoms with Crippen LogP contribution in [0.2, 0.25) is 0 Å². The molecule has 0 saturated carbocycles. The Kier molecular flexibility index (Phi) is 7.54. The van der Waals surface area contributed by atoms with Gasteiger partial charge in [-0.15, -0.1) is 0 Å². The highest BCUT2D eigenvalue weighted by molar-refractivity contribution is 5.49. The van der Waals surface area contributed by atoms with E-state index in [9.17, 15) is 10.2 Å². The maximum absolute atomic E-state index is 10.4. The molecule has 0 radical (unpaired) electrons. The molecule has 0 amide bonds. The fourth-order valence-corrected chi connectivity index (χ4v) is 2.45. The van der Waals surface area contributed by atoms with Gasteiger partial charge < -0.3 is 19.7 Å². The number of aromatic hydroxyl groups is 2. The van der Waals surface area contributed by atoms with Gasteiger partial charge in [-0.1, -0.05) is 26.8 Å². The van der Waals surface area contributed by atoms with E-state index < -0.39 is 0 Å². The van der Waals surface area contributed by atoms with Crippen LogP contribution in [-0.4, -0.2) is 30.0 Å². The van der Waals surface area contributed by atoms with Crippen molar-refractivity contribution < 1.29 is 19.7 Å². The molecular weight excluding hydrogens is 268 g/mol. The van der Waals surface area contributed by atoms with Gasteiger partial charge in [0, 0.05) is 6.61 Å². The van der Waals surface area contributed by atoms with Crippen molar-refractivity contribution in [3.05, 3.63) is 23.3 Å². The lowest BCUT2D eigenvalue weighted by Gasteiger charge is -2.18. The molecule has 1 unspecified atom stereocenters. The Balaban J connectivity index is 2.74. The molecular formula is C17H28O4. The van der Waals surface area contributed by atoms with Crippen molar-refractivity contribution in [2.24, 2.45) is 5.92 Å². The molecule has 1 rings (SSSR count). The van der Waals surface area contributed by atoms with E-state index in [1.165, 1.54) is 0 Å². The Morgan fingerprint density at radius 1 is 1.05 bits per heavy atom. The van der Waals surface area contributed by atoms with Crippen LogP contribution in [0.1, 0.15) is 51.2 Å². The maximum Gasteiger partial charge on any atom is 0.128 e. The second-order valence-corrected chi connectivity index (χ2v) is 5.78. The number of rotatable bonds is 9. The zero-order valence-corrected chi connectivity index (χ0v) is 13.6. The lowest BCUT2D eigenvalue weighted by molar-refractivity contribution is 0.0439. The molecule has 0 bridgehead atoms. The topological polar surface area (TPSA) is 58.9 Å². The van der Waals surface area contributed by atoms with Crippen molar-refractivity contribution in [2.75, 3.05) is 19.8 Å². The van der Waals surface area contributed by atoms with Crippen molar-refractivity contribution >= 4 is 0 Å². The van der Waals surface area contributed by atoms with Gasteiger partial charge in [0.25, 0.3) is 0 Å². The van der Waals surface area contributed by atoms with E-state index >= 15 is 0 Å². The Bertz CT molecular complexity index is 429. The second-order valence-electron chi connectivity index (χ2n) is 5.78. The first kappa shape index (κ1) is 17.8. The van der Waals surface area contributed by atoms with Crippen LogP contribution in [0.3, 0.4) is 0 Å². The minimum absolute atomic E-state index is 0.0735. The van der Waals surface area contributed by atoms with Crippen molar-refractivity contribution in [3.63, 3.8) is 0 Å². The van der Waals surface area contributed by atoms with Gasteiger partial charge in [0.1, 0.15) is 11.5 Å². The van der Waals surface area contributed by atoms with Crippen LogP contribution >= 0.6 is 0 Å². The van der Waals surface area contributed by atoms with Crippen LogP contribution in [0.5, 0.6) is 11.5 Å². The number of hydrogen-bond donors (Lipinski definition) is 2. The summed E-state index contributed by atoms with van der Waals surface area (Å²) in [6.07, 6.45) is 0.989. The van der Waals surface area contributed by atoms with Gasteiger partial charge in [-0.25, -0.2) is 0 Å². The Hall–Kier alpha value is -1.26. The van der Waals surface area contributed by atoms with Crippen LogP contribution in [0.15, 0.2) is 12.1 Å². The number of phenolic OH excluding ortho intramolecular Hbond substituents is 2. The average molecular weight is 296 g/mol. The van der Waals surface area contributed by atoms with Gasteiger partial charge in [-0.2, -0.15) is 0 Å². The lowest BCUT2D eigenvalue weighted by Crippen LogP contribution is -2.05. The molecule has 4 heteroatoms. The predicted molar refractivity (Wildman–Crippen MR) is 83.8 cm³/mol. The van der Waals surface area contributed by atoms with Gasteiger partial charge in [0.05, 0.1) is 25.4 Å². The third-order valence-electron chi connectivity index (χ3n) is 3.47. The van der Waals surface area contributed by atoms with Crippen LogP contribution in [0.4, 0.5) is 0 Å². The zero-order chi connectivity index (χ0) is 15.8. The molecule has 4 nitrogen and oxygen atoms in total. The minimum atomic E-state index is 0.0735. The van der Waals surface area contributed by atoms with E-state index in [0.29, 0.717) is 31.3 Å². The maximum atomic E-state index is 10.4. The molecule has 0 aliphatic heterocycles. The summed E-state index contributed by atoms with van der Waals surface area (Å²) in [6.45, 7) is 10.1. The highest BCUT2D eigenvalue weighted by atomic mass is 16.5. The van der Waals surface area contributed by atoms with Crippen LogP contribution in [-0.2, 0) is 16.1 Å². The Labute approximate surface area is 127 Å². The molecule has 0 aliphatic carbocycles. The van der Waals surface area contributed by atoms with Crippen molar-refractivity contribution in [1.29, 1.82) is 0 Å². The smallest absolute Gasteiger partial charge is 0.128 e. The van der Waals surface area contributed by atoms with E-state index in [1.807, 2.05) is 6.92 Å². The van der Waals surface area contributed by atoms with Crippen LogP contribution in [0.25, 0.3) is 0 Å². The highest BCUT2D eigenvalue weighted by Gasteiger charge is 2.17. The summed E-state index contributed by atoms with van der Waals surface area (Å²) in [5, 5.41) is 20.3. The summed E-state index contributed by atoms with van der Waals surface area (Å²) in [6, 6.07) is 3.43. The van der Waals surface area contributed by atoms with Crippen molar-refractivity contribution in [1.82, 2.24) is 0 Å². The summed E-state index contributed by atoms with van der Waals surface area (Å²) in [7, 11) is 0. The number of phenols is 2. The summed E-state index contributed by atoms with van der Waals surface area (Å²) < 4.78 is 10.6. The molecule has 21 heavy (non-hydrogen) atoms. The SMILES string of the molecule is CCOCCOCc1c(O)ccc(C(C)CC(C)C)c1O. The molecule has 0 aromatic heterocycles. The number of hydrogen-bond acceptors (Lipinski definition) is 4. The van der Waals surface area contributed by atoms with Crippen molar-refractivity contribution in [2.45, 2.75) is 46.6 Å². The quantitative estimate of drug-likeness (QED) is 0.680. The third-order valence-corrected chi connectivity index (χ3v) is 3.47. The first-order valence-corrected chi connectivity index (χ1v) is 7.66. The van der Waals surface area contributed by atoms with Gasteiger partial charge >= 0.3 is 0 Å². The normalized spacial score (nSPS) is 12.8. The average Bonchev–Trinajstić information content (AvgIpc) is 2.40. The Morgan fingerprint density at radius 3 is 2.33 bits per heavy atom. The number of ether oxygens (including phenoxy) is 2. The molecule has 0 saturated heterocycles. The first-order valence-electron chi connectivity index (χ1n) is 7.66. The zero-order valence-electron chi connectivity index (χ0n) is 13.6. The minimum Gasteiger partial charge on any atom is -0.507 e. The molecule has 1 aromatic carbocycles. The van der Waals surface area contributed by atoms with E-state index in [0.717, 1.165) is 12.0 Å². The molecule has 120 valence electrons. The Morgan fingerprint density at radius 2 is 1.71 bits per heavy atom. The van der Waals surface area contributed by atoms with Gasteiger partial charge in [-0.3, -0.25) is 0 Å². The number of benzene rings is 1. The molecule has 1 atom stereocenters. The largest absolute Gasteiger partial charge is 0.507 e. The highest BCUT2D eigenvalue weighted by Crippen LogP contribution is 2.37. The molecule has 0 spiro atoms. The molecule has 2 N–H and O–H groups in total. The second kappa shape index (κ2) is 8.90. The van der Waals surface area contributed by atoms with Crippen molar-refractivity contribution in [3.8, 4) is 11.5 Å². The predicted octanol–water partition coefficient (Wildman–Crippen LogP) is 3.80. The van der Waals surface area contributed by atoms with Crippen LogP contribution in [0, 0.1) is 5.92 Å². The van der Waals surface area contributed by atoms with E-state index in [-0.39, 0.29) is 24.0 Å². The standard InChI is InChI=1S/C17H28O4/c1-5-20-8-9-21-11-15-16(18)7-6-14(17(15)19)13(4)10-12(2)3/h6-7,12-13,18-19H,5,8-11H2,1-4H3. The first-order chi connectivity index (χ1) is 9.97. The summed E-state index contributed by atoms with van der Waals surface area (Å²) >= 11 is 0. The summed E-state index contributed by atoms with van der Waals surface area (Å²) in [5.41, 5.74) is 1.32. The summed E-state index contributed by atoms with van der Waals surface area (Å²) in [5.74, 6) is 1.02. The molecule has 0 aliphatic rings. The fourth-order valence-electron chi connectivity index (χ4n) is 2.45. The summed E-state index contributed by atoms with van der Waals surface area (Å²) in [4.78, 5) is 0. The fraction of sp³-hybridized carbons (Fsp3) is 0.647. The molecule has 1 aromatic rings. The lowest BCUT2D eigenvalue weighted by atomic mass is 9.90. The van der Waals surface area contributed by atoms with Crippen LogP contribution < -0.4 is 0 Å². The molecule has 0 heterocycles. The van der Waals surface area contributed by atoms with Gasteiger partial charge in [0.2, 0.25) is 0 Å². The van der Waals surface area contributed by atoms with Gasteiger partial charge in [-0.05, 0) is 36.8 Å². The molecule has 0 fully saturated rings. The monoisotopic (exact) mass is 296 g/mol. The van der Waals surface area contributed by atoms with E-state index in [4.69, 9.17) is 9.47 Å². The van der Waals surface area contributed by atoms with Gasteiger partial charge in [0.15, 0.2) is 0 Å².